The van der Waals surface area contributed by atoms with Gasteiger partial charge >= 0.3 is 0 Å². The van der Waals surface area contributed by atoms with Gasteiger partial charge in [0.1, 0.15) is 11.9 Å². The summed E-state index contributed by atoms with van der Waals surface area (Å²) in [7, 11) is 0. The van der Waals surface area contributed by atoms with Crippen LogP contribution in [0.25, 0.3) is 0 Å². The topological polar surface area (TPSA) is 49.8 Å². The van der Waals surface area contributed by atoms with Gasteiger partial charge in [0, 0.05) is 11.3 Å². The Kier molecular flexibility index (Phi) is 2.34. The Morgan fingerprint density at radius 1 is 1.67 bits per heavy atom. The van der Waals surface area contributed by atoms with Crippen LogP contribution in [0.4, 0.5) is 10.1 Å². The predicted octanol–water partition coefficient (Wildman–Crippen LogP) is 2.35. The van der Waals surface area contributed by atoms with Crippen molar-refractivity contribution in [3.8, 4) is 6.07 Å². The van der Waals surface area contributed by atoms with Gasteiger partial charge in [-0.3, -0.25) is 0 Å². The lowest BCUT2D eigenvalue weighted by Gasteiger charge is -2.04. The van der Waals surface area contributed by atoms with Crippen LogP contribution in [-0.4, -0.2) is 0 Å². The average Bonchev–Trinajstić information content (AvgIpc) is 2.08. The van der Waals surface area contributed by atoms with Gasteiger partial charge in [-0.25, -0.2) is 4.39 Å². The fraction of sp³-hybridized carbons (Fsp3) is 0.125. The molecule has 0 fully saturated rings. The van der Waals surface area contributed by atoms with Crippen LogP contribution in [0.3, 0.4) is 0 Å². The number of nitrogens with zero attached hydrogens (tertiary/aromatic N) is 1. The summed E-state index contributed by atoms with van der Waals surface area (Å²) in [5.41, 5.74) is 6.33. The first-order valence-electron chi connectivity index (χ1n) is 3.22. The number of halogens is 2. The first-order chi connectivity index (χ1) is 5.57. The fourth-order valence-electron chi connectivity index (χ4n) is 0.818. The van der Waals surface area contributed by atoms with Crippen molar-refractivity contribution in [3.63, 3.8) is 0 Å². The van der Waals surface area contributed by atoms with Crippen molar-refractivity contribution >= 4 is 21.6 Å². The molecule has 0 saturated carbocycles. The molecule has 0 spiro atoms. The molecule has 0 aliphatic carbocycles. The van der Waals surface area contributed by atoms with Crippen LogP contribution in [0.5, 0.6) is 0 Å². The van der Waals surface area contributed by atoms with Crippen molar-refractivity contribution in [1.29, 1.82) is 5.26 Å². The molecule has 2 nitrogen and oxygen atoms in total. The van der Waals surface area contributed by atoms with E-state index in [2.05, 4.69) is 15.9 Å². The lowest BCUT2D eigenvalue weighted by molar-refractivity contribution is 0.612. The second kappa shape index (κ2) is 3.11. The summed E-state index contributed by atoms with van der Waals surface area (Å²) < 4.78 is 13.3. The second-order valence-corrected chi connectivity index (χ2v) is 3.17. The van der Waals surface area contributed by atoms with Gasteiger partial charge in [-0.05, 0) is 28.9 Å². The molecule has 0 aromatic heterocycles. The maximum absolute atomic E-state index is 13.2. The Bertz CT molecular complexity index is 368. The summed E-state index contributed by atoms with van der Waals surface area (Å²) in [6.07, 6.45) is 0. The summed E-state index contributed by atoms with van der Waals surface area (Å²) in [5, 5.41) is 8.56. The van der Waals surface area contributed by atoms with E-state index in [0.717, 1.165) is 0 Å². The molecular formula is C8H6BrFN2. The van der Waals surface area contributed by atoms with Gasteiger partial charge in [0.05, 0.1) is 10.0 Å². The van der Waals surface area contributed by atoms with Crippen molar-refractivity contribution in [2.75, 3.05) is 5.73 Å². The molecule has 0 atom stereocenters. The van der Waals surface area contributed by atoms with E-state index in [-0.39, 0.29) is 10.0 Å². The Hall–Kier alpha value is -1.08. The van der Waals surface area contributed by atoms with Gasteiger partial charge in [0.15, 0.2) is 0 Å². The van der Waals surface area contributed by atoms with E-state index in [1.807, 2.05) is 6.07 Å². The SMILES string of the molecule is Cc1c(N)cc(C#N)c(Br)c1F. The number of anilines is 1. The minimum atomic E-state index is -0.466. The van der Waals surface area contributed by atoms with E-state index in [0.29, 0.717) is 11.3 Å². The molecule has 1 aromatic rings. The third-order valence-electron chi connectivity index (χ3n) is 1.61. The number of hydrogen-bond donors (Lipinski definition) is 1. The fourth-order valence-corrected chi connectivity index (χ4v) is 1.32. The minimum absolute atomic E-state index is 0.178. The zero-order valence-electron chi connectivity index (χ0n) is 6.36. The summed E-state index contributed by atoms with van der Waals surface area (Å²) >= 11 is 2.97. The maximum Gasteiger partial charge on any atom is 0.143 e. The van der Waals surface area contributed by atoms with Gasteiger partial charge in [0.25, 0.3) is 0 Å². The number of nitriles is 1. The van der Waals surface area contributed by atoms with E-state index >= 15 is 0 Å². The van der Waals surface area contributed by atoms with Crippen LogP contribution in [0.1, 0.15) is 11.1 Å². The molecule has 62 valence electrons. The highest BCUT2D eigenvalue weighted by molar-refractivity contribution is 9.10. The third kappa shape index (κ3) is 1.28. The Morgan fingerprint density at radius 2 is 2.25 bits per heavy atom. The molecule has 1 rings (SSSR count). The van der Waals surface area contributed by atoms with Gasteiger partial charge < -0.3 is 5.73 Å². The van der Waals surface area contributed by atoms with Crippen LogP contribution in [-0.2, 0) is 0 Å². The van der Waals surface area contributed by atoms with Gasteiger partial charge in [0.2, 0.25) is 0 Å². The summed E-state index contributed by atoms with van der Waals surface area (Å²) in [5.74, 6) is -0.466. The molecule has 0 heterocycles. The third-order valence-corrected chi connectivity index (χ3v) is 2.39. The number of hydrogen-bond acceptors (Lipinski definition) is 2. The Labute approximate surface area is 77.9 Å². The molecule has 2 N–H and O–H groups in total. The van der Waals surface area contributed by atoms with E-state index in [9.17, 15) is 4.39 Å². The molecule has 0 bridgehead atoms. The number of benzene rings is 1. The first kappa shape index (κ1) is 9.01. The smallest absolute Gasteiger partial charge is 0.143 e. The standard InChI is InChI=1S/C8H6BrFN2/c1-4-6(12)2-5(3-11)7(9)8(4)10/h2H,12H2,1H3. The van der Waals surface area contributed by atoms with Crippen LogP contribution < -0.4 is 5.73 Å². The lowest BCUT2D eigenvalue weighted by Crippen LogP contribution is -1.96. The van der Waals surface area contributed by atoms with E-state index in [1.165, 1.54) is 6.07 Å². The molecule has 12 heavy (non-hydrogen) atoms. The maximum atomic E-state index is 13.2. The molecular weight excluding hydrogens is 223 g/mol. The van der Waals surface area contributed by atoms with Crippen LogP contribution in [0.2, 0.25) is 0 Å². The molecule has 0 saturated heterocycles. The monoisotopic (exact) mass is 228 g/mol. The van der Waals surface area contributed by atoms with E-state index < -0.39 is 5.82 Å². The van der Waals surface area contributed by atoms with Crippen LogP contribution in [0.15, 0.2) is 10.5 Å². The minimum Gasteiger partial charge on any atom is -0.398 e. The summed E-state index contributed by atoms with van der Waals surface area (Å²) in [6.45, 7) is 1.57. The Morgan fingerprint density at radius 3 is 2.75 bits per heavy atom. The van der Waals surface area contributed by atoms with Crippen molar-refractivity contribution in [2.45, 2.75) is 6.92 Å². The average molecular weight is 229 g/mol. The summed E-state index contributed by atoms with van der Waals surface area (Å²) in [4.78, 5) is 0. The highest BCUT2D eigenvalue weighted by Gasteiger charge is 2.10. The second-order valence-electron chi connectivity index (χ2n) is 2.38. The van der Waals surface area contributed by atoms with Crippen molar-refractivity contribution in [1.82, 2.24) is 0 Å². The highest BCUT2D eigenvalue weighted by Crippen LogP contribution is 2.26. The summed E-state index contributed by atoms with van der Waals surface area (Å²) in [6, 6.07) is 3.28. The van der Waals surface area contributed by atoms with E-state index in [4.69, 9.17) is 11.0 Å². The first-order valence-corrected chi connectivity index (χ1v) is 4.01. The molecule has 0 amide bonds. The van der Waals surface area contributed by atoms with Crippen molar-refractivity contribution < 1.29 is 4.39 Å². The zero-order valence-corrected chi connectivity index (χ0v) is 7.94. The van der Waals surface area contributed by atoms with E-state index in [1.54, 1.807) is 6.92 Å². The number of nitrogen functional groups attached to an aromatic ring is 1. The number of nitrogens with two attached hydrogens (primary N) is 1. The quantitative estimate of drug-likeness (QED) is 0.694. The molecule has 0 aliphatic rings. The van der Waals surface area contributed by atoms with Crippen molar-refractivity contribution in [3.05, 3.63) is 27.5 Å². The van der Waals surface area contributed by atoms with Crippen LogP contribution in [0, 0.1) is 24.1 Å². The predicted molar refractivity (Wildman–Crippen MR) is 48.0 cm³/mol. The molecule has 1 aromatic carbocycles. The molecule has 4 heteroatoms. The largest absolute Gasteiger partial charge is 0.398 e. The highest BCUT2D eigenvalue weighted by atomic mass is 79.9. The zero-order chi connectivity index (χ0) is 9.30. The molecule has 0 aliphatic heterocycles. The normalized spacial score (nSPS) is 9.50. The lowest BCUT2D eigenvalue weighted by atomic mass is 10.1. The van der Waals surface area contributed by atoms with Crippen molar-refractivity contribution in [2.24, 2.45) is 0 Å². The molecule has 0 unspecified atom stereocenters. The molecule has 0 radical (unpaired) electrons. The Balaban J connectivity index is 3.52. The van der Waals surface area contributed by atoms with Gasteiger partial charge in [-0.2, -0.15) is 5.26 Å². The van der Waals surface area contributed by atoms with Gasteiger partial charge in [-0.15, -0.1) is 0 Å². The van der Waals surface area contributed by atoms with Crippen LogP contribution >= 0.6 is 15.9 Å². The van der Waals surface area contributed by atoms with Gasteiger partial charge in [-0.1, -0.05) is 0 Å². The number of rotatable bonds is 0.